The van der Waals surface area contributed by atoms with Crippen LogP contribution in [0.1, 0.15) is 55.3 Å². The van der Waals surface area contributed by atoms with Crippen molar-refractivity contribution in [2.75, 3.05) is 32.8 Å². The zero-order chi connectivity index (χ0) is 18.5. The Bertz CT molecular complexity index is 637. The summed E-state index contributed by atoms with van der Waals surface area (Å²) in [5.41, 5.74) is 2.81. The largest absolute Gasteiger partial charge is 0.396 e. The molecule has 3 rings (SSSR count). The molecule has 5 nitrogen and oxygen atoms in total. The topological polar surface area (TPSA) is 59.6 Å². The minimum atomic E-state index is 0.154. The third-order valence-electron chi connectivity index (χ3n) is 6.36. The van der Waals surface area contributed by atoms with Gasteiger partial charge in [-0.25, -0.2) is 0 Å². The number of hydrogen-bond donors (Lipinski definition) is 2. The van der Waals surface area contributed by atoms with E-state index in [9.17, 15) is 9.90 Å². The van der Waals surface area contributed by atoms with Crippen LogP contribution in [0.25, 0.3) is 0 Å². The zero-order valence-electron chi connectivity index (χ0n) is 16.5. The van der Waals surface area contributed by atoms with Gasteiger partial charge in [-0.2, -0.15) is 0 Å². The van der Waals surface area contributed by atoms with Crippen molar-refractivity contribution in [2.24, 2.45) is 5.92 Å². The molecule has 1 aliphatic heterocycles. The first kappa shape index (κ1) is 19.6. The van der Waals surface area contributed by atoms with Crippen LogP contribution in [0.3, 0.4) is 0 Å². The zero-order valence-corrected chi connectivity index (χ0v) is 16.5. The van der Waals surface area contributed by atoms with E-state index in [2.05, 4.69) is 14.8 Å². The highest BCUT2D eigenvalue weighted by atomic mass is 16.3. The number of nitrogens with zero attached hydrogens (tertiary/aromatic N) is 2. The summed E-state index contributed by atoms with van der Waals surface area (Å²) in [7, 11) is 0. The Kier molecular flexibility index (Phi) is 6.90. The standard InChI is InChI=1S/C21H35N3O2/c1-16-12-22-20(17(2)21(16)26)15-23-9-10-24(19(14-23)8-11-25)13-18-6-4-3-5-7-18/h12,18-19,25H,3-11,13-15H2,1-2H3,(H,22,26)/t19-/m1/s1. The Balaban J connectivity index is 1.61. The number of rotatable bonds is 6. The average Bonchev–Trinajstić information content (AvgIpc) is 2.65. The van der Waals surface area contributed by atoms with E-state index in [4.69, 9.17) is 0 Å². The van der Waals surface area contributed by atoms with E-state index in [1.165, 1.54) is 38.6 Å². The second-order valence-corrected chi connectivity index (χ2v) is 8.30. The summed E-state index contributed by atoms with van der Waals surface area (Å²) in [6, 6.07) is 0.424. The number of aliphatic hydroxyl groups is 1. The number of aromatic amines is 1. The molecule has 26 heavy (non-hydrogen) atoms. The SMILES string of the molecule is Cc1c[nH]c(CN2CCN(CC3CCCCC3)[C@H](CCO)C2)c(C)c1=O. The van der Waals surface area contributed by atoms with Crippen LogP contribution in [0.4, 0.5) is 0 Å². The van der Waals surface area contributed by atoms with E-state index in [-0.39, 0.29) is 12.0 Å². The first-order valence-corrected chi connectivity index (χ1v) is 10.3. The van der Waals surface area contributed by atoms with Crippen LogP contribution < -0.4 is 5.43 Å². The van der Waals surface area contributed by atoms with Crippen molar-refractivity contribution in [2.45, 2.75) is 65.0 Å². The maximum Gasteiger partial charge on any atom is 0.187 e. The molecule has 0 aromatic carbocycles. The number of H-pyrrole nitrogens is 1. The van der Waals surface area contributed by atoms with E-state index in [1.54, 1.807) is 0 Å². The van der Waals surface area contributed by atoms with Gasteiger partial charge in [0.15, 0.2) is 5.43 Å². The summed E-state index contributed by atoms with van der Waals surface area (Å²) < 4.78 is 0. The minimum Gasteiger partial charge on any atom is -0.396 e. The molecule has 2 N–H and O–H groups in total. The number of aryl methyl sites for hydroxylation is 1. The van der Waals surface area contributed by atoms with E-state index >= 15 is 0 Å². The van der Waals surface area contributed by atoms with Crippen molar-refractivity contribution in [1.82, 2.24) is 14.8 Å². The molecule has 0 unspecified atom stereocenters. The van der Waals surface area contributed by atoms with Gasteiger partial charge in [0.05, 0.1) is 0 Å². The summed E-state index contributed by atoms with van der Waals surface area (Å²) in [6.07, 6.45) is 9.58. The molecular weight excluding hydrogens is 326 g/mol. The summed E-state index contributed by atoms with van der Waals surface area (Å²) in [6.45, 7) is 9.09. The fraction of sp³-hybridized carbons (Fsp3) is 0.762. The van der Waals surface area contributed by atoms with Crippen molar-refractivity contribution < 1.29 is 5.11 Å². The van der Waals surface area contributed by atoms with E-state index in [1.807, 2.05) is 20.0 Å². The second-order valence-electron chi connectivity index (χ2n) is 8.30. The maximum absolute atomic E-state index is 12.2. The molecule has 2 aliphatic rings. The molecular formula is C21H35N3O2. The van der Waals surface area contributed by atoms with Gasteiger partial charge in [0, 0.05) is 68.4 Å². The lowest BCUT2D eigenvalue weighted by Gasteiger charge is -2.43. The summed E-state index contributed by atoms with van der Waals surface area (Å²) in [5.74, 6) is 0.840. The summed E-state index contributed by atoms with van der Waals surface area (Å²) in [4.78, 5) is 20.6. The molecule has 5 heteroatoms. The van der Waals surface area contributed by atoms with Crippen LogP contribution >= 0.6 is 0 Å². The number of pyridine rings is 1. The minimum absolute atomic E-state index is 0.154. The van der Waals surface area contributed by atoms with Crippen LogP contribution in [0.15, 0.2) is 11.0 Å². The van der Waals surface area contributed by atoms with Gasteiger partial charge >= 0.3 is 0 Å². The highest BCUT2D eigenvalue weighted by Gasteiger charge is 2.29. The van der Waals surface area contributed by atoms with Crippen molar-refractivity contribution in [3.8, 4) is 0 Å². The van der Waals surface area contributed by atoms with E-state index < -0.39 is 0 Å². The van der Waals surface area contributed by atoms with Crippen molar-refractivity contribution >= 4 is 0 Å². The Morgan fingerprint density at radius 2 is 1.96 bits per heavy atom. The molecule has 1 atom stereocenters. The molecule has 1 aromatic heterocycles. The highest BCUT2D eigenvalue weighted by molar-refractivity contribution is 5.23. The first-order valence-electron chi connectivity index (χ1n) is 10.3. The number of nitrogens with one attached hydrogen (secondary N) is 1. The quantitative estimate of drug-likeness (QED) is 0.817. The van der Waals surface area contributed by atoms with Gasteiger partial charge in [-0.1, -0.05) is 19.3 Å². The lowest BCUT2D eigenvalue weighted by molar-refractivity contribution is 0.0394. The summed E-state index contributed by atoms with van der Waals surface area (Å²) >= 11 is 0. The monoisotopic (exact) mass is 361 g/mol. The highest BCUT2D eigenvalue weighted by Crippen LogP contribution is 2.26. The fourth-order valence-corrected chi connectivity index (χ4v) is 4.66. The molecule has 0 amide bonds. The molecule has 0 bridgehead atoms. The van der Waals surface area contributed by atoms with Gasteiger partial charge < -0.3 is 10.1 Å². The van der Waals surface area contributed by atoms with E-state index in [0.717, 1.165) is 55.3 Å². The molecule has 0 spiro atoms. The number of aromatic nitrogens is 1. The van der Waals surface area contributed by atoms with Crippen LogP contribution in [0, 0.1) is 19.8 Å². The average molecular weight is 362 g/mol. The van der Waals surface area contributed by atoms with Gasteiger partial charge in [-0.15, -0.1) is 0 Å². The Hall–Kier alpha value is -1.17. The lowest BCUT2D eigenvalue weighted by Crippen LogP contribution is -2.54. The predicted octanol–water partition coefficient (Wildman–Crippen LogP) is 2.44. The van der Waals surface area contributed by atoms with Crippen molar-refractivity contribution in [3.05, 3.63) is 33.2 Å². The lowest BCUT2D eigenvalue weighted by atomic mass is 9.88. The third-order valence-corrected chi connectivity index (χ3v) is 6.36. The van der Waals surface area contributed by atoms with Crippen LogP contribution in [0.2, 0.25) is 0 Å². The Labute approximate surface area is 157 Å². The fourth-order valence-electron chi connectivity index (χ4n) is 4.66. The first-order chi connectivity index (χ1) is 12.6. The van der Waals surface area contributed by atoms with Crippen molar-refractivity contribution in [3.63, 3.8) is 0 Å². The molecule has 1 saturated heterocycles. The van der Waals surface area contributed by atoms with Gasteiger partial charge in [0.25, 0.3) is 0 Å². The van der Waals surface area contributed by atoms with Gasteiger partial charge in [0.2, 0.25) is 0 Å². The summed E-state index contributed by atoms with van der Waals surface area (Å²) in [5, 5.41) is 9.54. The molecule has 0 radical (unpaired) electrons. The van der Waals surface area contributed by atoms with Crippen LogP contribution in [-0.2, 0) is 6.54 Å². The molecule has 2 heterocycles. The third kappa shape index (κ3) is 4.76. The molecule has 1 aromatic rings. The number of piperazine rings is 1. The Morgan fingerprint density at radius 1 is 1.19 bits per heavy atom. The molecule has 1 saturated carbocycles. The normalized spacial score (nSPS) is 23.4. The molecule has 1 aliphatic carbocycles. The number of hydrogen-bond acceptors (Lipinski definition) is 4. The maximum atomic E-state index is 12.2. The smallest absolute Gasteiger partial charge is 0.187 e. The van der Waals surface area contributed by atoms with Gasteiger partial charge in [-0.3, -0.25) is 14.6 Å². The van der Waals surface area contributed by atoms with Gasteiger partial charge in [0.1, 0.15) is 0 Å². The molecule has 2 fully saturated rings. The van der Waals surface area contributed by atoms with Gasteiger partial charge in [-0.05, 0) is 39.0 Å². The van der Waals surface area contributed by atoms with Crippen molar-refractivity contribution in [1.29, 1.82) is 0 Å². The number of aliphatic hydroxyl groups excluding tert-OH is 1. The predicted molar refractivity (Wildman–Crippen MR) is 105 cm³/mol. The van der Waals surface area contributed by atoms with Crippen LogP contribution in [0.5, 0.6) is 0 Å². The molecule has 146 valence electrons. The second kappa shape index (κ2) is 9.16. The van der Waals surface area contributed by atoms with Crippen LogP contribution in [-0.4, -0.2) is 58.7 Å². The Morgan fingerprint density at radius 3 is 2.69 bits per heavy atom. The van der Waals surface area contributed by atoms with E-state index in [0.29, 0.717) is 6.04 Å².